The monoisotopic (exact) mass is 251 g/mol. The third kappa shape index (κ3) is 2.37. The minimum absolute atomic E-state index is 0.000225. The molecule has 1 aromatic heterocycles. The van der Waals surface area contributed by atoms with Gasteiger partial charge in [-0.3, -0.25) is 0 Å². The summed E-state index contributed by atoms with van der Waals surface area (Å²) in [5.41, 5.74) is 5.57. The minimum atomic E-state index is -0.641. The van der Waals surface area contributed by atoms with Crippen molar-refractivity contribution in [1.29, 1.82) is 0 Å². The summed E-state index contributed by atoms with van der Waals surface area (Å²) in [5.74, 6) is -1.37. The second-order valence-corrected chi connectivity index (χ2v) is 3.58. The van der Waals surface area contributed by atoms with Crippen LogP contribution in [0, 0.1) is 11.6 Å². The maximum atomic E-state index is 13.8. The van der Waals surface area contributed by atoms with E-state index in [0.717, 1.165) is 6.07 Å². The van der Waals surface area contributed by atoms with Gasteiger partial charge in [-0.15, -0.1) is 0 Å². The van der Waals surface area contributed by atoms with Crippen molar-refractivity contribution in [2.45, 2.75) is 13.3 Å². The number of benzene rings is 1. The molecule has 1 aromatic carbocycles. The molecule has 0 saturated carbocycles. The normalized spacial score (nSPS) is 10.4. The first-order chi connectivity index (χ1) is 8.61. The lowest BCUT2D eigenvalue weighted by Crippen LogP contribution is -2.00. The zero-order valence-electron chi connectivity index (χ0n) is 9.65. The van der Waals surface area contributed by atoms with Crippen LogP contribution in [0.2, 0.25) is 0 Å². The third-order valence-corrected chi connectivity index (χ3v) is 2.35. The highest BCUT2D eigenvalue weighted by Crippen LogP contribution is 2.25. The molecular weight excluding hydrogens is 240 g/mol. The number of aryl methyl sites for hydroxylation is 1. The van der Waals surface area contributed by atoms with E-state index in [1.165, 1.54) is 18.5 Å². The van der Waals surface area contributed by atoms with Gasteiger partial charge in [-0.2, -0.15) is 9.37 Å². The van der Waals surface area contributed by atoms with Gasteiger partial charge in [0.15, 0.2) is 0 Å². The van der Waals surface area contributed by atoms with Gasteiger partial charge in [0.05, 0.1) is 11.4 Å². The Bertz CT molecular complexity index is 575. The molecule has 0 radical (unpaired) electrons. The van der Waals surface area contributed by atoms with Crippen molar-refractivity contribution in [2.24, 2.45) is 0 Å². The predicted octanol–water partition coefficient (Wildman–Crippen LogP) is 2.69. The molecule has 2 rings (SSSR count). The number of aromatic nitrogens is 2. The predicted molar refractivity (Wildman–Crippen MR) is 62.3 cm³/mol. The summed E-state index contributed by atoms with van der Waals surface area (Å²) in [5, 5.41) is 0. The molecule has 0 atom stereocenters. The molecule has 0 aliphatic carbocycles. The van der Waals surface area contributed by atoms with E-state index in [1.807, 2.05) is 0 Å². The molecule has 1 heterocycles. The highest BCUT2D eigenvalue weighted by Gasteiger charge is 2.12. The summed E-state index contributed by atoms with van der Waals surface area (Å²) < 4.78 is 32.1. The van der Waals surface area contributed by atoms with Crippen molar-refractivity contribution in [3.05, 3.63) is 41.9 Å². The number of nitrogens with two attached hydrogens (primary N) is 1. The fourth-order valence-electron chi connectivity index (χ4n) is 1.39. The summed E-state index contributed by atoms with van der Waals surface area (Å²) in [6, 6.07) is 3.85. The molecule has 0 fully saturated rings. The second-order valence-electron chi connectivity index (χ2n) is 3.58. The lowest BCUT2D eigenvalue weighted by Gasteiger charge is -2.07. The quantitative estimate of drug-likeness (QED) is 0.852. The Morgan fingerprint density at radius 2 is 2.06 bits per heavy atom. The first kappa shape index (κ1) is 12.2. The maximum Gasteiger partial charge on any atom is 0.259 e. The zero-order valence-corrected chi connectivity index (χ0v) is 9.65. The van der Waals surface area contributed by atoms with Crippen LogP contribution in [0.5, 0.6) is 11.6 Å². The van der Waals surface area contributed by atoms with Gasteiger partial charge < -0.3 is 10.5 Å². The topological polar surface area (TPSA) is 61.0 Å². The molecule has 0 saturated heterocycles. The van der Waals surface area contributed by atoms with E-state index < -0.39 is 11.6 Å². The Morgan fingerprint density at radius 1 is 1.28 bits per heavy atom. The van der Waals surface area contributed by atoms with Crippen molar-refractivity contribution >= 4 is 5.69 Å². The minimum Gasteiger partial charge on any atom is -0.436 e. The van der Waals surface area contributed by atoms with E-state index >= 15 is 0 Å². The largest absolute Gasteiger partial charge is 0.436 e. The van der Waals surface area contributed by atoms with Gasteiger partial charge >= 0.3 is 0 Å². The van der Waals surface area contributed by atoms with Crippen LogP contribution in [0.1, 0.15) is 12.6 Å². The summed E-state index contributed by atoms with van der Waals surface area (Å²) in [6.07, 6.45) is 1.62. The average Bonchev–Trinajstić information content (AvgIpc) is 2.36. The van der Waals surface area contributed by atoms with Crippen LogP contribution in [-0.2, 0) is 6.42 Å². The fourth-order valence-corrected chi connectivity index (χ4v) is 1.39. The van der Waals surface area contributed by atoms with Crippen LogP contribution in [0.25, 0.3) is 0 Å². The Kier molecular flexibility index (Phi) is 3.36. The van der Waals surface area contributed by atoms with Crippen LogP contribution in [-0.4, -0.2) is 9.97 Å². The molecule has 6 heteroatoms. The summed E-state index contributed by atoms with van der Waals surface area (Å²) in [6.45, 7) is 1.76. The lowest BCUT2D eigenvalue weighted by atomic mass is 10.3. The number of halogens is 2. The van der Waals surface area contributed by atoms with Crippen LogP contribution in [0.3, 0.4) is 0 Å². The average molecular weight is 251 g/mol. The highest BCUT2D eigenvalue weighted by atomic mass is 19.1. The third-order valence-electron chi connectivity index (χ3n) is 2.35. The number of hydrogen-bond donors (Lipinski definition) is 1. The molecule has 94 valence electrons. The van der Waals surface area contributed by atoms with Crippen molar-refractivity contribution in [3.63, 3.8) is 0 Å². The summed E-state index contributed by atoms with van der Waals surface area (Å²) >= 11 is 0. The SMILES string of the molecule is CCc1ncnc(Oc2ccc(N)c(F)c2)c1F. The van der Waals surface area contributed by atoms with E-state index in [4.69, 9.17) is 10.5 Å². The molecular formula is C12H11F2N3O. The standard InChI is InChI=1S/C12H11F2N3O/c1-2-10-11(14)12(17-6-16-10)18-7-3-4-9(15)8(13)5-7/h3-6H,2,15H2,1H3. The molecule has 0 spiro atoms. The van der Waals surface area contributed by atoms with E-state index in [2.05, 4.69) is 9.97 Å². The van der Waals surface area contributed by atoms with E-state index in [9.17, 15) is 8.78 Å². The molecule has 18 heavy (non-hydrogen) atoms. The Labute approximate surface area is 102 Å². The van der Waals surface area contributed by atoms with Crippen LogP contribution < -0.4 is 10.5 Å². The summed E-state index contributed by atoms with van der Waals surface area (Å²) in [7, 11) is 0. The van der Waals surface area contributed by atoms with Gasteiger partial charge in [-0.05, 0) is 18.6 Å². The molecule has 0 unspecified atom stereocenters. The number of rotatable bonds is 3. The number of nitrogen functional groups attached to an aromatic ring is 1. The van der Waals surface area contributed by atoms with Crippen LogP contribution in [0.4, 0.5) is 14.5 Å². The molecule has 0 aliphatic heterocycles. The molecule has 2 N–H and O–H groups in total. The van der Waals surface area contributed by atoms with Crippen molar-refractivity contribution in [3.8, 4) is 11.6 Å². The van der Waals surface area contributed by atoms with Gasteiger partial charge in [0.25, 0.3) is 5.88 Å². The van der Waals surface area contributed by atoms with Gasteiger partial charge in [0, 0.05) is 6.07 Å². The summed E-state index contributed by atoms with van der Waals surface area (Å²) in [4.78, 5) is 7.44. The Hall–Kier alpha value is -2.24. The van der Waals surface area contributed by atoms with Crippen molar-refractivity contribution in [2.75, 3.05) is 5.73 Å². The number of anilines is 1. The lowest BCUT2D eigenvalue weighted by molar-refractivity contribution is 0.412. The molecule has 2 aromatic rings. The van der Waals surface area contributed by atoms with Gasteiger partial charge in [-0.25, -0.2) is 9.37 Å². The van der Waals surface area contributed by atoms with Crippen molar-refractivity contribution in [1.82, 2.24) is 9.97 Å². The van der Waals surface area contributed by atoms with E-state index in [0.29, 0.717) is 6.42 Å². The number of ether oxygens (including phenoxy) is 1. The Balaban J connectivity index is 2.31. The maximum absolute atomic E-state index is 13.8. The first-order valence-corrected chi connectivity index (χ1v) is 5.34. The second kappa shape index (κ2) is 4.95. The molecule has 0 bridgehead atoms. The number of nitrogens with zero attached hydrogens (tertiary/aromatic N) is 2. The van der Waals surface area contributed by atoms with E-state index in [-0.39, 0.29) is 23.0 Å². The van der Waals surface area contributed by atoms with Crippen molar-refractivity contribution < 1.29 is 13.5 Å². The molecule has 0 amide bonds. The van der Waals surface area contributed by atoms with Crippen LogP contribution >= 0.6 is 0 Å². The smallest absolute Gasteiger partial charge is 0.259 e. The number of hydrogen-bond acceptors (Lipinski definition) is 4. The Morgan fingerprint density at radius 3 is 2.72 bits per heavy atom. The van der Waals surface area contributed by atoms with Gasteiger partial charge in [-0.1, -0.05) is 6.92 Å². The highest BCUT2D eigenvalue weighted by molar-refractivity contribution is 5.44. The van der Waals surface area contributed by atoms with E-state index in [1.54, 1.807) is 6.92 Å². The van der Waals surface area contributed by atoms with Gasteiger partial charge in [0.2, 0.25) is 5.82 Å². The fraction of sp³-hybridized carbons (Fsp3) is 0.167. The molecule has 0 aliphatic rings. The first-order valence-electron chi connectivity index (χ1n) is 5.34. The molecule has 4 nitrogen and oxygen atoms in total. The van der Waals surface area contributed by atoms with Crippen LogP contribution in [0.15, 0.2) is 24.5 Å². The van der Waals surface area contributed by atoms with Gasteiger partial charge in [0.1, 0.15) is 17.9 Å². The zero-order chi connectivity index (χ0) is 13.1.